The molecule has 1 fully saturated rings. The molecule has 1 saturated heterocycles. The number of amides is 1. The van der Waals surface area contributed by atoms with Crippen LogP contribution in [0.4, 0.5) is 4.79 Å². The molecule has 128 valence electrons. The first-order valence-corrected chi connectivity index (χ1v) is 8.34. The first-order valence-electron chi connectivity index (χ1n) is 8.34. The zero-order chi connectivity index (χ0) is 17.1. The average Bonchev–Trinajstić information content (AvgIpc) is 2.66. The standard InChI is InChI=1S/C19H19N3O3/c23-19(25-10-14-4-2-1-3-5-14)22-17-6-15(7-18(22)12-24-11-17)16-8-20-13-21-9-16/h1-6,8-9,13,17-18H,7,10-12H2. The van der Waals surface area contributed by atoms with Crippen LogP contribution in [-0.4, -0.2) is 46.3 Å². The van der Waals surface area contributed by atoms with Crippen molar-refractivity contribution in [2.75, 3.05) is 13.2 Å². The number of carbonyl (C=O) groups excluding carboxylic acids is 1. The summed E-state index contributed by atoms with van der Waals surface area (Å²) in [5, 5.41) is 0. The molecule has 2 unspecified atom stereocenters. The molecule has 0 radical (unpaired) electrons. The van der Waals surface area contributed by atoms with Gasteiger partial charge in [-0.1, -0.05) is 36.4 Å². The van der Waals surface area contributed by atoms with Crippen molar-refractivity contribution in [1.29, 1.82) is 0 Å². The summed E-state index contributed by atoms with van der Waals surface area (Å²) in [6.45, 7) is 1.27. The lowest BCUT2D eigenvalue weighted by molar-refractivity contribution is -0.0342. The largest absolute Gasteiger partial charge is 0.445 e. The fraction of sp³-hybridized carbons (Fsp3) is 0.316. The molecule has 1 amide bonds. The van der Waals surface area contributed by atoms with Crippen LogP contribution in [0.15, 0.2) is 55.1 Å². The zero-order valence-corrected chi connectivity index (χ0v) is 13.7. The second kappa shape index (κ2) is 7.03. The van der Waals surface area contributed by atoms with Gasteiger partial charge >= 0.3 is 6.09 Å². The molecule has 0 saturated carbocycles. The normalized spacial score (nSPS) is 22.2. The minimum absolute atomic E-state index is 0.0257. The monoisotopic (exact) mass is 337 g/mol. The molecule has 2 bridgehead atoms. The number of fused-ring (bicyclic) bond motifs is 2. The Kier molecular flexibility index (Phi) is 4.43. The predicted molar refractivity (Wildman–Crippen MR) is 91.5 cm³/mol. The Hall–Kier alpha value is -2.73. The number of aromatic nitrogens is 2. The third-order valence-electron chi connectivity index (χ3n) is 4.55. The van der Waals surface area contributed by atoms with Crippen LogP contribution in [0.5, 0.6) is 0 Å². The summed E-state index contributed by atoms with van der Waals surface area (Å²) in [6.07, 6.45) is 7.62. The second-order valence-corrected chi connectivity index (χ2v) is 6.23. The van der Waals surface area contributed by atoms with Crippen molar-refractivity contribution < 1.29 is 14.3 Å². The van der Waals surface area contributed by atoms with Gasteiger partial charge in [0.1, 0.15) is 12.9 Å². The summed E-state index contributed by atoms with van der Waals surface area (Å²) in [7, 11) is 0. The number of hydrogen-bond acceptors (Lipinski definition) is 5. The van der Waals surface area contributed by atoms with Crippen molar-refractivity contribution in [3.63, 3.8) is 0 Å². The van der Waals surface area contributed by atoms with Crippen molar-refractivity contribution in [2.45, 2.75) is 25.1 Å². The van der Waals surface area contributed by atoms with E-state index in [4.69, 9.17) is 9.47 Å². The van der Waals surface area contributed by atoms with Crippen LogP contribution in [0.1, 0.15) is 17.5 Å². The molecule has 3 heterocycles. The Balaban J connectivity index is 1.49. The van der Waals surface area contributed by atoms with E-state index in [0.717, 1.165) is 16.7 Å². The van der Waals surface area contributed by atoms with E-state index in [-0.39, 0.29) is 24.8 Å². The maximum atomic E-state index is 12.6. The lowest BCUT2D eigenvalue weighted by atomic mass is 9.91. The Morgan fingerprint density at radius 1 is 1.20 bits per heavy atom. The molecule has 2 aliphatic rings. The number of carbonyl (C=O) groups is 1. The van der Waals surface area contributed by atoms with Gasteiger partial charge in [0.25, 0.3) is 0 Å². The van der Waals surface area contributed by atoms with E-state index in [1.54, 1.807) is 17.3 Å². The number of rotatable bonds is 3. The first-order chi connectivity index (χ1) is 12.3. The van der Waals surface area contributed by atoms with Gasteiger partial charge in [0, 0.05) is 18.0 Å². The molecule has 0 aliphatic carbocycles. The molecule has 2 atom stereocenters. The Labute approximate surface area is 146 Å². The lowest BCUT2D eigenvalue weighted by Gasteiger charge is -2.43. The molecule has 6 heteroatoms. The third kappa shape index (κ3) is 3.39. The zero-order valence-electron chi connectivity index (χ0n) is 13.7. The molecule has 1 aromatic carbocycles. The summed E-state index contributed by atoms with van der Waals surface area (Å²) in [5.74, 6) is 0. The van der Waals surface area contributed by atoms with Gasteiger partial charge in [-0.25, -0.2) is 14.8 Å². The van der Waals surface area contributed by atoms with Gasteiger partial charge in [-0.3, -0.25) is 4.90 Å². The van der Waals surface area contributed by atoms with Gasteiger partial charge in [-0.15, -0.1) is 0 Å². The van der Waals surface area contributed by atoms with Crippen molar-refractivity contribution in [3.8, 4) is 0 Å². The molecule has 6 nitrogen and oxygen atoms in total. The Morgan fingerprint density at radius 3 is 2.76 bits per heavy atom. The highest BCUT2D eigenvalue weighted by Crippen LogP contribution is 2.32. The summed E-state index contributed by atoms with van der Waals surface area (Å²) in [4.78, 5) is 22.6. The summed E-state index contributed by atoms with van der Waals surface area (Å²) in [5.41, 5.74) is 3.13. The number of benzene rings is 1. The first kappa shape index (κ1) is 15.8. The van der Waals surface area contributed by atoms with Crippen LogP contribution in [0.2, 0.25) is 0 Å². The number of ether oxygens (including phenoxy) is 2. The quantitative estimate of drug-likeness (QED) is 0.861. The van der Waals surface area contributed by atoms with Crippen molar-refractivity contribution in [1.82, 2.24) is 14.9 Å². The van der Waals surface area contributed by atoms with Crippen LogP contribution >= 0.6 is 0 Å². The Bertz CT molecular complexity index is 764. The molecule has 2 aromatic rings. The molecular formula is C19H19N3O3. The molecular weight excluding hydrogens is 318 g/mol. The molecule has 1 aromatic heterocycles. The number of hydrogen-bond donors (Lipinski definition) is 0. The van der Waals surface area contributed by atoms with Gasteiger partial charge in [-0.2, -0.15) is 0 Å². The fourth-order valence-corrected chi connectivity index (χ4v) is 3.35. The van der Waals surface area contributed by atoms with Crippen LogP contribution in [-0.2, 0) is 16.1 Å². The van der Waals surface area contributed by atoms with E-state index in [1.807, 2.05) is 30.3 Å². The predicted octanol–water partition coefficient (Wildman–Crippen LogP) is 2.67. The average molecular weight is 337 g/mol. The smallest absolute Gasteiger partial charge is 0.411 e. The van der Waals surface area contributed by atoms with Gasteiger partial charge in [-0.05, 0) is 17.6 Å². The van der Waals surface area contributed by atoms with E-state index >= 15 is 0 Å². The van der Waals surface area contributed by atoms with Crippen LogP contribution in [0.3, 0.4) is 0 Å². The highest BCUT2D eigenvalue weighted by molar-refractivity contribution is 5.74. The van der Waals surface area contributed by atoms with Crippen LogP contribution < -0.4 is 0 Å². The van der Waals surface area contributed by atoms with E-state index in [0.29, 0.717) is 19.6 Å². The summed E-state index contributed by atoms with van der Waals surface area (Å²) < 4.78 is 11.2. The minimum atomic E-state index is -0.290. The second-order valence-electron chi connectivity index (χ2n) is 6.23. The topological polar surface area (TPSA) is 64.5 Å². The van der Waals surface area contributed by atoms with Crippen molar-refractivity contribution in [3.05, 3.63) is 66.3 Å². The van der Waals surface area contributed by atoms with Gasteiger partial charge in [0.15, 0.2) is 0 Å². The SMILES string of the molecule is O=C(OCc1ccccc1)N1C2C=C(c3cncnc3)CC1COC2. The molecule has 0 N–H and O–H groups in total. The van der Waals surface area contributed by atoms with E-state index < -0.39 is 0 Å². The van der Waals surface area contributed by atoms with Gasteiger partial charge in [0.2, 0.25) is 0 Å². The third-order valence-corrected chi connectivity index (χ3v) is 4.55. The van der Waals surface area contributed by atoms with Gasteiger partial charge in [0.05, 0.1) is 25.3 Å². The maximum absolute atomic E-state index is 12.6. The van der Waals surface area contributed by atoms with Crippen molar-refractivity contribution >= 4 is 11.7 Å². The summed E-state index contributed by atoms with van der Waals surface area (Å²) >= 11 is 0. The molecule has 2 aliphatic heterocycles. The number of nitrogens with zero attached hydrogens (tertiary/aromatic N) is 3. The van der Waals surface area contributed by atoms with Crippen molar-refractivity contribution in [2.24, 2.45) is 0 Å². The molecule has 25 heavy (non-hydrogen) atoms. The number of morpholine rings is 1. The van der Waals surface area contributed by atoms with E-state index in [2.05, 4.69) is 16.0 Å². The summed E-state index contributed by atoms with van der Waals surface area (Å²) in [6, 6.07) is 9.56. The highest BCUT2D eigenvalue weighted by atomic mass is 16.6. The minimum Gasteiger partial charge on any atom is -0.445 e. The van der Waals surface area contributed by atoms with Gasteiger partial charge < -0.3 is 9.47 Å². The molecule has 4 rings (SSSR count). The van der Waals surface area contributed by atoms with E-state index in [1.165, 1.54) is 6.33 Å². The maximum Gasteiger partial charge on any atom is 0.411 e. The highest BCUT2D eigenvalue weighted by Gasteiger charge is 2.39. The molecule has 0 spiro atoms. The van der Waals surface area contributed by atoms with Crippen LogP contribution in [0.25, 0.3) is 5.57 Å². The van der Waals surface area contributed by atoms with Crippen LogP contribution in [0, 0.1) is 0 Å². The fourth-order valence-electron chi connectivity index (χ4n) is 3.35. The Morgan fingerprint density at radius 2 is 2.00 bits per heavy atom. The lowest BCUT2D eigenvalue weighted by Crippen LogP contribution is -2.56. The van der Waals surface area contributed by atoms with E-state index in [9.17, 15) is 4.79 Å².